The number of halogens is 3. The Bertz CT molecular complexity index is 1510. The molecule has 36 heavy (non-hydrogen) atoms. The van der Waals surface area contributed by atoms with Gasteiger partial charge < -0.3 is 5.32 Å². The largest absolute Gasteiger partial charge is 0.325 e. The molecule has 10 nitrogen and oxygen atoms in total. The van der Waals surface area contributed by atoms with Gasteiger partial charge in [-0.3, -0.25) is 9.10 Å². The maximum atomic E-state index is 12.7. The number of carbonyl (C=O) groups excluding carboxylic acids is 1. The molecule has 0 saturated carbocycles. The van der Waals surface area contributed by atoms with Crippen LogP contribution < -0.4 is 14.3 Å². The van der Waals surface area contributed by atoms with Crippen LogP contribution in [0.1, 0.15) is 11.4 Å². The Morgan fingerprint density at radius 3 is 2.00 bits per heavy atom. The summed E-state index contributed by atoms with van der Waals surface area (Å²) >= 11 is 18.0. The van der Waals surface area contributed by atoms with Crippen LogP contribution in [-0.2, 0) is 24.8 Å². The molecule has 1 amide bonds. The molecule has 0 aliphatic carbocycles. The molecule has 1 heterocycles. The zero-order valence-corrected chi connectivity index (χ0v) is 23.0. The van der Waals surface area contributed by atoms with E-state index in [9.17, 15) is 21.6 Å². The minimum Gasteiger partial charge on any atom is -0.325 e. The van der Waals surface area contributed by atoms with E-state index in [1.165, 1.54) is 36.4 Å². The van der Waals surface area contributed by atoms with Gasteiger partial charge in [0.15, 0.2) is 0 Å². The number of nitrogens with zero attached hydrogens (tertiary/aromatic N) is 3. The summed E-state index contributed by atoms with van der Waals surface area (Å²) in [5, 5.41) is 2.68. The van der Waals surface area contributed by atoms with Crippen LogP contribution in [0.15, 0.2) is 47.4 Å². The molecule has 0 aliphatic heterocycles. The maximum Gasteiger partial charge on any atom is 0.264 e. The first kappa shape index (κ1) is 27.9. The fourth-order valence-electron chi connectivity index (χ4n) is 3.08. The number of carbonyl (C=O) groups is 1. The zero-order chi connectivity index (χ0) is 26.8. The third-order valence-corrected chi connectivity index (χ3v) is 8.10. The Hall–Kier alpha value is -2.64. The van der Waals surface area contributed by atoms with Crippen molar-refractivity contribution in [2.75, 3.05) is 27.1 Å². The number of sulfonamides is 2. The van der Waals surface area contributed by atoms with E-state index in [1.807, 2.05) is 0 Å². The van der Waals surface area contributed by atoms with Gasteiger partial charge in [0.25, 0.3) is 10.0 Å². The van der Waals surface area contributed by atoms with Crippen molar-refractivity contribution < 1.29 is 21.6 Å². The zero-order valence-electron chi connectivity index (χ0n) is 19.1. The Morgan fingerprint density at radius 2 is 1.44 bits per heavy atom. The summed E-state index contributed by atoms with van der Waals surface area (Å²) in [6.45, 7) is 2.80. The first-order valence-corrected chi connectivity index (χ1v) is 14.5. The standard InChI is InChI=1S/C21H20Cl3N5O5S2/c1-12-8-13(2)26-21(25-12)28-36(33,34)15-6-4-14(5-7-15)27-20(30)11-29(35(3,31)32)19-10-17(23)16(22)9-18(19)24/h4-10H,11H2,1-3H3,(H,27,30)(H,25,26,28). The van der Waals surface area contributed by atoms with Gasteiger partial charge >= 0.3 is 0 Å². The van der Waals surface area contributed by atoms with E-state index in [4.69, 9.17) is 34.8 Å². The molecule has 192 valence electrons. The van der Waals surface area contributed by atoms with E-state index in [2.05, 4.69) is 20.0 Å². The van der Waals surface area contributed by atoms with Crippen LogP contribution in [0.3, 0.4) is 0 Å². The lowest BCUT2D eigenvalue weighted by Gasteiger charge is -2.23. The molecule has 15 heteroatoms. The number of aromatic nitrogens is 2. The van der Waals surface area contributed by atoms with Gasteiger partial charge in [-0.05, 0) is 56.3 Å². The van der Waals surface area contributed by atoms with Crippen molar-refractivity contribution in [3.8, 4) is 0 Å². The molecule has 0 atom stereocenters. The average Bonchev–Trinajstić information content (AvgIpc) is 2.73. The van der Waals surface area contributed by atoms with Crippen molar-refractivity contribution in [1.29, 1.82) is 0 Å². The van der Waals surface area contributed by atoms with E-state index in [-0.39, 0.29) is 37.3 Å². The lowest BCUT2D eigenvalue weighted by Crippen LogP contribution is -2.37. The molecule has 3 aromatic rings. The van der Waals surface area contributed by atoms with Gasteiger partial charge in [0.05, 0.1) is 31.9 Å². The van der Waals surface area contributed by atoms with Crippen LogP contribution in [0.25, 0.3) is 0 Å². The second-order valence-corrected chi connectivity index (χ2v) is 12.5. The summed E-state index contributed by atoms with van der Waals surface area (Å²) in [7, 11) is -7.92. The van der Waals surface area contributed by atoms with Gasteiger partial charge in [-0.25, -0.2) is 31.5 Å². The van der Waals surface area contributed by atoms with E-state index in [1.54, 1.807) is 19.9 Å². The van der Waals surface area contributed by atoms with E-state index >= 15 is 0 Å². The van der Waals surface area contributed by atoms with Crippen molar-refractivity contribution in [3.05, 3.63) is 68.9 Å². The second-order valence-electron chi connectivity index (χ2n) is 7.64. The number of nitrogens with one attached hydrogen (secondary N) is 2. The van der Waals surface area contributed by atoms with Crippen molar-refractivity contribution in [2.24, 2.45) is 0 Å². The van der Waals surface area contributed by atoms with Gasteiger partial charge in [0, 0.05) is 17.1 Å². The molecule has 0 spiro atoms. The predicted molar refractivity (Wildman–Crippen MR) is 141 cm³/mol. The number of benzene rings is 2. The topological polar surface area (TPSA) is 138 Å². The van der Waals surface area contributed by atoms with Crippen LogP contribution in [0.2, 0.25) is 15.1 Å². The molecule has 0 fully saturated rings. The average molecular weight is 593 g/mol. The molecular formula is C21H20Cl3N5O5S2. The lowest BCUT2D eigenvalue weighted by molar-refractivity contribution is -0.114. The number of rotatable bonds is 8. The summed E-state index contributed by atoms with van der Waals surface area (Å²) in [6, 6.07) is 9.46. The van der Waals surface area contributed by atoms with Crippen molar-refractivity contribution in [3.63, 3.8) is 0 Å². The van der Waals surface area contributed by atoms with Crippen molar-refractivity contribution >= 4 is 78.1 Å². The highest BCUT2D eigenvalue weighted by atomic mass is 35.5. The minimum absolute atomic E-state index is 0.0162. The van der Waals surface area contributed by atoms with Gasteiger partial charge in [-0.15, -0.1) is 0 Å². The van der Waals surface area contributed by atoms with E-state index < -0.39 is 32.5 Å². The highest BCUT2D eigenvalue weighted by Gasteiger charge is 2.24. The van der Waals surface area contributed by atoms with Gasteiger partial charge in [-0.2, -0.15) is 0 Å². The number of hydrogen-bond donors (Lipinski definition) is 2. The molecular weight excluding hydrogens is 573 g/mol. The second kappa shape index (κ2) is 10.8. The minimum atomic E-state index is -3.99. The quantitative estimate of drug-likeness (QED) is 0.373. The first-order valence-electron chi connectivity index (χ1n) is 10.0. The molecule has 0 bridgehead atoms. The third kappa shape index (κ3) is 6.98. The van der Waals surface area contributed by atoms with Crippen LogP contribution in [0, 0.1) is 13.8 Å². The molecule has 0 radical (unpaired) electrons. The molecule has 0 aliphatic rings. The summed E-state index contributed by atoms with van der Waals surface area (Å²) in [5.74, 6) is -0.772. The molecule has 2 N–H and O–H groups in total. The van der Waals surface area contributed by atoms with Gasteiger partial charge in [-0.1, -0.05) is 34.8 Å². The highest BCUT2D eigenvalue weighted by Crippen LogP contribution is 2.35. The number of aryl methyl sites for hydroxylation is 2. The fraction of sp³-hybridized carbons (Fsp3) is 0.190. The summed E-state index contributed by atoms with van der Waals surface area (Å²) in [4.78, 5) is 20.6. The summed E-state index contributed by atoms with van der Waals surface area (Å²) in [6.07, 6.45) is 0.908. The fourth-order valence-corrected chi connectivity index (χ4v) is 5.58. The Morgan fingerprint density at radius 1 is 0.889 bits per heavy atom. The van der Waals surface area contributed by atoms with Gasteiger partial charge in [0.1, 0.15) is 6.54 Å². The summed E-state index contributed by atoms with van der Waals surface area (Å²) in [5.41, 5.74) is 1.41. The van der Waals surface area contributed by atoms with Crippen molar-refractivity contribution in [2.45, 2.75) is 18.7 Å². The van der Waals surface area contributed by atoms with Crippen molar-refractivity contribution in [1.82, 2.24) is 9.97 Å². The molecule has 0 saturated heterocycles. The predicted octanol–water partition coefficient (Wildman–Crippen LogP) is 4.26. The van der Waals surface area contributed by atoms with E-state index in [0.717, 1.165) is 10.6 Å². The number of amides is 1. The lowest BCUT2D eigenvalue weighted by atomic mass is 10.3. The van der Waals surface area contributed by atoms with Gasteiger partial charge in [0.2, 0.25) is 21.9 Å². The van der Waals surface area contributed by atoms with Crippen LogP contribution in [-0.4, -0.2) is 45.5 Å². The monoisotopic (exact) mass is 591 g/mol. The normalized spacial score (nSPS) is 11.7. The maximum absolute atomic E-state index is 12.7. The SMILES string of the molecule is Cc1cc(C)nc(NS(=O)(=O)c2ccc(NC(=O)CN(c3cc(Cl)c(Cl)cc3Cl)S(C)(=O)=O)cc2)n1. The smallest absolute Gasteiger partial charge is 0.264 e. The highest BCUT2D eigenvalue weighted by molar-refractivity contribution is 7.92. The summed E-state index contributed by atoms with van der Waals surface area (Å²) < 4.78 is 53.1. The molecule has 0 unspecified atom stereocenters. The Kier molecular flexibility index (Phi) is 8.36. The van der Waals surface area contributed by atoms with E-state index in [0.29, 0.717) is 11.4 Å². The molecule has 2 aromatic carbocycles. The number of anilines is 3. The first-order chi connectivity index (χ1) is 16.7. The number of hydrogen-bond acceptors (Lipinski definition) is 7. The van der Waals surface area contributed by atoms with Crippen LogP contribution in [0.5, 0.6) is 0 Å². The third-order valence-electron chi connectivity index (χ3n) is 4.60. The molecule has 1 aromatic heterocycles. The van der Waals surface area contributed by atoms with Crippen LogP contribution in [0.4, 0.5) is 17.3 Å². The Balaban J connectivity index is 1.76. The molecule has 3 rings (SSSR count). The van der Waals surface area contributed by atoms with Crippen LogP contribution >= 0.6 is 34.8 Å². The Labute approximate surface area is 223 Å².